The van der Waals surface area contributed by atoms with Gasteiger partial charge in [-0.2, -0.15) is 0 Å². The van der Waals surface area contributed by atoms with Crippen LogP contribution in [0.25, 0.3) is 0 Å². The largest absolute Gasteiger partial charge is 0.329 e. The Labute approximate surface area is 106 Å². The van der Waals surface area contributed by atoms with Crippen LogP contribution in [0.5, 0.6) is 0 Å². The maximum Gasteiger partial charge on any atom is 0.0234 e. The molecule has 2 heteroatoms. The molecule has 0 aliphatic rings. The van der Waals surface area contributed by atoms with Crippen LogP contribution in [0.15, 0.2) is 30.3 Å². The molecule has 1 aromatic rings. The summed E-state index contributed by atoms with van der Waals surface area (Å²) in [6.45, 7) is 8.48. The van der Waals surface area contributed by atoms with E-state index in [2.05, 4.69) is 49.1 Å². The van der Waals surface area contributed by atoms with Gasteiger partial charge in [0.05, 0.1) is 0 Å². The van der Waals surface area contributed by atoms with Gasteiger partial charge in [0.1, 0.15) is 0 Å². The van der Waals surface area contributed by atoms with Gasteiger partial charge < -0.3 is 5.73 Å². The Hall–Kier alpha value is -0.860. The van der Waals surface area contributed by atoms with E-state index in [9.17, 15) is 0 Å². The second-order valence-corrected chi connectivity index (χ2v) is 5.09. The summed E-state index contributed by atoms with van der Waals surface area (Å²) in [5.41, 5.74) is 7.05. The summed E-state index contributed by atoms with van der Waals surface area (Å²) < 4.78 is 0. The lowest BCUT2D eigenvalue weighted by Crippen LogP contribution is -2.30. The molecule has 0 spiro atoms. The van der Waals surface area contributed by atoms with Gasteiger partial charge in [-0.1, -0.05) is 44.2 Å². The van der Waals surface area contributed by atoms with Gasteiger partial charge >= 0.3 is 0 Å². The Morgan fingerprint density at radius 2 is 1.82 bits per heavy atom. The van der Waals surface area contributed by atoms with E-state index >= 15 is 0 Å². The van der Waals surface area contributed by atoms with Gasteiger partial charge in [-0.3, -0.25) is 4.90 Å². The minimum Gasteiger partial charge on any atom is -0.329 e. The van der Waals surface area contributed by atoms with Gasteiger partial charge in [0, 0.05) is 19.6 Å². The van der Waals surface area contributed by atoms with Gasteiger partial charge in [0.15, 0.2) is 0 Å². The Kier molecular flexibility index (Phi) is 6.90. The number of benzene rings is 1. The molecule has 0 aliphatic carbocycles. The predicted molar refractivity (Wildman–Crippen MR) is 74.8 cm³/mol. The summed E-state index contributed by atoms with van der Waals surface area (Å²) in [7, 11) is 0. The molecule has 2 nitrogen and oxygen atoms in total. The smallest absolute Gasteiger partial charge is 0.0234 e. The minimum absolute atomic E-state index is 0.745. The summed E-state index contributed by atoms with van der Waals surface area (Å²) >= 11 is 0. The van der Waals surface area contributed by atoms with E-state index < -0.39 is 0 Å². The number of rotatable bonds is 8. The van der Waals surface area contributed by atoms with Crippen LogP contribution in [0.1, 0.15) is 32.3 Å². The fraction of sp³-hybridized carbons (Fsp3) is 0.600. The normalized spacial score (nSPS) is 11.4. The highest BCUT2D eigenvalue weighted by Crippen LogP contribution is 2.08. The van der Waals surface area contributed by atoms with Crippen molar-refractivity contribution in [2.75, 3.05) is 19.6 Å². The van der Waals surface area contributed by atoms with Gasteiger partial charge in [-0.05, 0) is 30.9 Å². The van der Waals surface area contributed by atoms with Gasteiger partial charge in [0.2, 0.25) is 0 Å². The highest BCUT2D eigenvalue weighted by molar-refractivity contribution is 5.14. The number of nitrogens with two attached hydrogens (primary N) is 1. The highest BCUT2D eigenvalue weighted by Gasteiger charge is 2.05. The lowest BCUT2D eigenvalue weighted by atomic mass is 10.1. The lowest BCUT2D eigenvalue weighted by Gasteiger charge is -2.22. The highest BCUT2D eigenvalue weighted by atomic mass is 15.1. The minimum atomic E-state index is 0.745. The van der Waals surface area contributed by atoms with Crippen LogP contribution in [-0.2, 0) is 6.54 Å². The van der Waals surface area contributed by atoms with E-state index in [1.807, 2.05) is 0 Å². The average Bonchev–Trinajstić information content (AvgIpc) is 2.30. The number of nitrogens with zero attached hydrogens (tertiary/aromatic N) is 1. The van der Waals surface area contributed by atoms with E-state index in [-0.39, 0.29) is 0 Å². The molecule has 0 saturated carbocycles. The maximum absolute atomic E-state index is 5.67. The van der Waals surface area contributed by atoms with Crippen LogP contribution in [0.3, 0.4) is 0 Å². The van der Waals surface area contributed by atoms with Crippen LogP contribution in [0, 0.1) is 5.92 Å². The standard InChI is InChI=1S/C15H26N2/c1-14(2)7-6-11-17(12-10-16)13-15-8-4-3-5-9-15/h3-5,8-9,14H,6-7,10-13,16H2,1-2H3. The molecule has 0 fully saturated rings. The lowest BCUT2D eigenvalue weighted by molar-refractivity contribution is 0.262. The average molecular weight is 234 g/mol. The van der Waals surface area contributed by atoms with Crippen molar-refractivity contribution in [1.82, 2.24) is 4.90 Å². The molecule has 1 rings (SSSR count). The van der Waals surface area contributed by atoms with Crippen LogP contribution < -0.4 is 5.73 Å². The van der Waals surface area contributed by atoms with Crippen LogP contribution in [0.4, 0.5) is 0 Å². The number of hydrogen-bond acceptors (Lipinski definition) is 2. The molecule has 1 aromatic carbocycles. The third-order valence-corrected chi connectivity index (χ3v) is 2.95. The first-order chi connectivity index (χ1) is 8.22. The molecule has 0 bridgehead atoms. The molecule has 0 aliphatic heterocycles. The first-order valence-corrected chi connectivity index (χ1v) is 6.68. The molecule has 0 heterocycles. The van der Waals surface area contributed by atoms with Crippen molar-refractivity contribution in [3.05, 3.63) is 35.9 Å². The zero-order valence-corrected chi connectivity index (χ0v) is 11.2. The second kappa shape index (κ2) is 8.26. The van der Waals surface area contributed by atoms with Gasteiger partial charge in [0.25, 0.3) is 0 Å². The van der Waals surface area contributed by atoms with Crippen molar-refractivity contribution in [2.45, 2.75) is 33.2 Å². The molecule has 0 saturated heterocycles. The van der Waals surface area contributed by atoms with E-state index in [0.29, 0.717) is 0 Å². The molecule has 2 N–H and O–H groups in total. The van der Waals surface area contributed by atoms with Crippen molar-refractivity contribution in [2.24, 2.45) is 11.7 Å². The van der Waals surface area contributed by atoms with E-state index in [1.165, 1.54) is 18.4 Å². The topological polar surface area (TPSA) is 29.3 Å². The quantitative estimate of drug-likeness (QED) is 0.749. The summed E-state index contributed by atoms with van der Waals surface area (Å²) in [5.74, 6) is 0.798. The number of hydrogen-bond donors (Lipinski definition) is 1. The van der Waals surface area contributed by atoms with Crippen LogP contribution >= 0.6 is 0 Å². The fourth-order valence-corrected chi connectivity index (χ4v) is 2.02. The summed E-state index contributed by atoms with van der Waals surface area (Å²) in [6, 6.07) is 10.6. The van der Waals surface area contributed by atoms with Crippen molar-refractivity contribution in [3.8, 4) is 0 Å². The van der Waals surface area contributed by atoms with Crippen molar-refractivity contribution in [3.63, 3.8) is 0 Å². The summed E-state index contributed by atoms with van der Waals surface area (Å²) in [6.07, 6.45) is 2.57. The molecule has 0 unspecified atom stereocenters. The second-order valence-electron chi connectivity index (χ2n) is 5.09. The van der Waals surface area contributed by atoms with E-state index in [4.69, 9.17) is 5.73 Å². The molecule has 0 aromatic heterocycles. The van der Waals surface area contributed by atoms with Gasteiger partial charge in [-0.25, -0.2) is 0 Å². The Balaban J connectivity index is 2.37. The molecular weight excluding hydrogens is 208 g/mol. The summed E-state index contributed by atoms with van der Waals surface area (Å²) in [5, 5.41) is 0. The molecule has 96 valence electrons. The van der Waals surface area contributed by atoms with E-state index in [0.717, 1.165) is 32.1 Å². The third kappa shape index (κ3) is 6.44. The fourth-order valence-electron chi connectivity index (χ4n) is 2.02. The first-order valence-electron chi connectivity index (χ1n) is 6.68. The van der Waals surface area contributed by atoms with Crippen molar-refractivity contribution < 1.29 is 0 Å². The van der Waals surface area contributed by atoms with Gasteiger partial charge in [-0.15, -0.1) is 0 Å². The predicted octanol–water partition coefficient (Wildman–Crippen LogP) is 2.88. The maximum atomic E-state index is 5.67. The van der Waals surface area contributed by atoms with Crippen molar-refractivity contribution >= 4 is 0 Å². The molecule has 0 amide bonds. The first kappa shape index (κ1) is 14.2. The third-order valence-electron chi connectivity index (χ3n) is 2.95. The zero-order chi connectivity index (χ0) is 12.5. The molecular formula is C15H26N2. The Morgan fingerprint density at radius 3 is 2.41 bits per heavy atom. The van der Waals surface area contributed by atoms with Crippen LogP contribution in [-0.4, -0.2) is 24.5 Å². The molecule has 0 radical (unpaired) electrons. The zero-order valence-electron chi connectivity index (χ0n) is 11.2. The van der Waals surface area contributed by atoms with E-state index in [1.54, 1.807) is 0 Å². The SMILES string of the molecule is CC(C)CCCN(CCN)Cc1ccccc1. The Bertz CT molecular complexity index is 282. The summed E-state index contributed by atoms with van der Waals surface area (Å²) in [4.78, 5) is 2.46. The monoisotopic (exact) mass is 234 g/mol. The van der Waals surface area contributed by atoms with Crippen LogP contribution in [0.2, 0.25) is 0 Å². The Morgan fingerprint density at radius 1 is 1.12 bits per heavy atom. The molecule has 0 atom stereocenters. The van der Waals surface area contributed by atoms with Crippen molar-refractivity contribution in [1.29, 1.82) is 0 Å². The molecule has 17 heavy (non-hydrogen) atoms.